The summed E-state index contributed by atoms with van der Waals surface area (Å²) in [4.78, 5) is 13.2. The van der Waals surface area contributed by atoms with E-state index in [0.29, 0.717) is 0 Å². The molecule has 1 N–H and O–H groups in total. The molecule has 1 saturated heterocycles. The van der Waals surface area contributed by atoms with Crippen molar-refractivity contribution >= 4 is 5.97 Å². The molecule has 1 unspecified atom stereocenters. The van der Waals surface area contributed by atoms with Crippen LogP contribution < -0.4 is 0 Å². The number of carboxylic acid groups (broad SMARTS) is 1. The van der Waals surface area contributed by atoms with Gasteiger partial charge in [-0.2, -0.15) is 0 Å². The smallest absolute Gasteiger partial charge is 0.358 e. The minimum Gasteiger partial charge on any atom is -0.476 e. The molecule has 7 nitrogen and oxygen atoms in total. The van der Waals surface area contributed by atoms with E-state index in [9.17, 15) is 4.79 Å². The van der Waals surface area contributed by atoms with E-state index in [1.54, 1.807) is 4.68 Å². The van der Waals surface area contributed by atoms with Crippen molar-refractivity contribution in [2.24, 2.45) is 0 Å². The molecule has 0 aliphatic carbocycles. The van der Waals surface area contributed by atoms with Gasteiger partial charge in [0.2, 0.25) is 0 Å². The Balaban J connectivity index is 1.39. The zero-order chi connectivity index (χ0) is 17.2. The number of likely N-dealkylation sites (tertiary alicyclic amines) is 1. The second-order valence-electron chi connectivity index (χ2n) is 6.20. The molecule has 1 aliphatic rings. The van der Waals surface area contributed by atoms with Crippen LogP contribution in [0.25, 0.3) is 11.3 Å². The number of carboxylic acids is 1. The minimum atomic E-state index is -1.05. The zero-order valence-electron chi connectivity index (χ0n) is 13.6. The highest BCUT2D eigenvalue weighted by Crippen LogP contribution is 2.26. The van der Waals surface area contributed by atoms with Crippen LogP contribution in [-0.4, -0.2) is 44.1 Å². The third-order valence-electron chi connectivity index (χ3n) is 4.45. The van der Waals surface area contributed by atoms with Gasteiger partial charge in [0.15, 0.2) is 5.69 Å². The molecule has 1 atom stereocenters. The molecule has 4 rings (SSSR count). The Labute approximate surface area is 144 Å². The van der Waals surface area contributed by atoms with E-state index >= 15 is 0 Å². The molecule has 2 aromatic heterocycles. The molecule has 0 spiro atoms. The fourth-order valence-corrected chi connectivity index (χ4v) is 3.17. The lowest BCUT2D eigenvalue weighted by molar-refractivity contribution is 0.0690. The number of nitrogens with zero attached hydrogens (tertiary/aromatic N) is 4. The quantitative estimate of drug-likeness (QED) is 0.770. The van der Waals surface area contributed by atoms with Crippen molar-refractivity contribution in [3.05, 3.63) is 60.1 Å². The van der Waals surface area contributed by atoms with E-state index in [-0.39, 0.29) is 11.7 Å². The lowest BCUT2D eigenvalue weighted by Crippen LogP contribution is -2.21. The summed E-state index contributed by atoms with van der Waals surface area (Å²) in [7, 11) is 0. The monoisotopic (exact) mass is 338 g/mol. The number of carbonyl (C=O) groups is 1. The van der Waals surface area contributed by atoms with Gasteiger partial charge in [-0.15, -0.1) is 5.10 Å². The summed E-state index contributed by atoms with van der Waals surface area (Å²) in [6.45, 7) is 2.43. The van der Waals surface area contributed by atoms with Gasteiger partial charge < -0.3 is 9.52 Å². The van der Waals surface area contributed by atoms with Gasteiger partial charge in [-0.3, -0.25) is 4.90 Å². The molecule has 0 bridgehead atoms. The van der Waals surface area contributed by atoms with Crippen molar-refractivity contribution < 1.29 is 14.3 Å². The molecular formula is C18H18N4O3. The van der Waals surface area contributed by atoms with Crippen molar-refractivity contribution in [2.75, 3.05) is 13.1 Å². The number of rotatable bonds is 5. The summed E-state index contributed by atoms with van der Waals surface area (Å²) < 4.78 is 7.61. The van der Waals surface area contributed by atoms with Crippen LogP contribution in [0.4, 0.5) is 0 Å². The standard InChI is InChI=1S/C18H18N4O3/c23-18(24)16-12-22(20-19-16)14-8-9-21(10-14)11-15-6-7-17(25-15)13-4-2-1-3-5-13/h1-7,12,14H,8-11H2,(H,23,24). The predicted molar refractivity (Wildman–Crippen MR) is 90.1 cm³/mol. The van der Waals surface area contributed by atoms with E-state index in [4.69, 9.17) is 9.52 Å². The van der Waals surface area contributed by atoms with Gasteiger partial charge in [-0.05, 0) is 18.6 Å². The number of benzene rings is 1. The van der Waals surface area contributed by atoms with Crippen molar-refractivity contribution in [2.45, 2.75) is 19.0 Å². The fourth-order valence-electron chi connectivity index (χ4n) is 3.17. The van der Waals surface area contributed by atoms with Crippen LogP contribution in [0.1, 0.15) is 28.7 Å². The van der Waals surface area contributed by atoms with Gasteiger partial charge in [0.1, 0.15) is 11.5 Å². The van der Waals surface area contributed by atoms with Gasteiger partial charge in [0, 0.05) is 18.7 Å². The van der Waals surface area contributed by atoms with E-state index in [1.165, 1.54) is 6.20 Å². The summed E-state index contributed by atoms with van der Waals surface area (Å²) in [5.74, 6) is 0.739. The molecule has 1 aromatic carbocycles. The molecule has 128 valence electrons. The van der Waals surface area contributed by atoms with Crippen molar-refractivity contribution in [3.8, 4) is 11.3 Å². The molecule has 3 heterocycles. The number of furan rings is 1. The summed E-state index contributed by atoms with van der Waals surface area (Å²) >= 11 is 0. The molecule has 3 aromatic rings. The van der Waals surface area contributed by atoms with Crippen LogP contribution in [0.15, 0.2) is 53.1 Å². The second kappa shape index (κ2) is 6.52. The molecule has 25 heavy (non-hydrogen) atoms. The van der Waals surface area contributed by atoms with Crippen LogP contribution in [0, 0.1) is 0 Å². The van der Waals surface area contributed by atoms with Crippen molar-refractivity contribution in [1.29, 1.82) is 0 Å². The van der Waals surface area contributed by atoms with Gasteiger partial charge in [-0.1, -0.05) is 35.5 Å². The Morgan fingerprint density at radius 1 is 1.24 bits per heavy atom. The molecule has 0 amide bonds. The molecule has 0 radical (unpaired) electrons. The first-order chi connectivity index (χ1) is 12.2. The number of hydrogen-bond donors (Lipinski definition) is 1. The van der Waals surface area contributed by atoms with E-state index < -0.39 is 5.97 Å². The maximum Gasteiger partial charge on any atom is 0.358 e. The lowest BCUT2D eigenvalue weighted by atomic mass is 10.2. The topological polar surface area (TPSA) is 84.4 Å². The fraction of sp³-hybridized carbons (Fsp3) is 0.278. The largest absolute Gasteiger partial charge is 0.476 e. The lowest BCUT2D eigenvalue weighted by Gasteiger charge is -2.14. The molecule has 1 aliphatic heterocycles. The van der Waals surface area contributed by atoms with Crippen molar-refractivity contribution in [3.63, 3.8) is 0 Å². The number of hydrogen-bond acceptors (Lipinski definition) is 5. The van der Waals surface area contributed by atoms with Gasteiger partial charge in [0.25, 0.3) is 0 Å². The predicted octanol–water partition coefficient (Wildman–Crippen LogP) is 2.68. The number of aromatic nitrogens is 3. The maximum atomic E-state index is 10.9. The second-order valence-corrected chi connectivity index (χ2v) is 6.20. The van der Waals surface area contributed by atoms with E-state index in [1.807, 2.05) is 42.5 Å². The van der Waals surface area contributed by atoms with Crippen molar-refractivity contribution in [1.82, 2.24) is 19.9 Å². The first kappa shape index (κ1) is 15.6. The first-order valence-corrected chi connectivity index (χ1v) is 8.20. The summed E-state index contributed by atoms with van der Waals surface area (Å²) in [5, 5.41) is 16.6. The van der Waals surface area contributed by atoms with E-state index in [0.717, 1.165) is 43.1 Å². The summed E-state index contributed by atoms with van der Waals surface area (Å²) in [5.41, 5.74) is 1.05. The average molecular weight is 338 g/mol. The van der Waals surface area contributed by atoms with Crippen LogP contribution >= 0.6 is 0 Å². The Bertz CT molecular complexity index is 871. The Kier molecular flexibility index (Phi) is 4.07. The highest BCUT2D eigenvalue weighted by molar-refractivity contribution is 5.84. The third kappa shape index (κ3) is 3.32. The Hall–Kier alpha value is -2.93. The van der Waals surface area contributed by atoms with E-state index in [2.05, 4.69) is 15.2 Å². The van der Waals surface area contributed by atoms with Gasteiger partial charge in [-0.25, -0.2) is 9.48 Å². The molecule has 0 saturated carbocycles. The SMILES string of the molecule is O=C(O)c1cn(C2CCN(Cc3ccc(-c4ccccc4)o3)C2)nn1. The summed E-state index contributed by atoms with van der Waals surface area (Å²) in [6, 6.07) is 14.2. The highest BCUT2D eigenvalue weighted by Gasteiger charge is 2.26. The first-order valence-electron chi connectivity index (χ1n) is 8.20. The van der Waals surface area contributed by atoms with Crippen LogP contribution in [0.3, 0.4) is 0 Å². The van der Waals surface area contributed by atoms with Crippen LogP contribution in [0.5, 0.6) is 0 Å². The average Bonchev–Trinajstić information content (AvgIpc) is 3.36. The minimum absolute atomic E-state index is 0.0167. The maximum absolute atomic E-state index is 10.9. The molecular weight excluding hydrogens is 320 g/mol. The Morgan fingerprint density at radius 3 is 2.84 bits per heavy atom. The van der Waals surface area contributed by atoms with Crippen LogP contribution in [-0.2, 0) is 6.54 Å². The van der Waals surface area contributed by atoms with Gasteiger partial charge >= 0.3 is 5.97 Å². The number of aromatic carboxylic acids is 1. The molecule has 1 fully saturated rings. The normalized spacial score (nSPS) is 17.8. The summed E-state index contributed by atoms with van der Waals surface area (Å²) in [6.07, 6.45) is 2.41. The Morgan fingerprint density at radius 2 is 2.08 bits per heavy atom. The highest BCUT2D eigenvalue weighted by atomic mass is 16.4. The van der Waals surface area contributed by atoms with Gasteiger partial charge in [0.05, 0.1) is 18.8 Å². The third-order valence-corrected chi connectivity index (χ3v) is 4.45. The zero-order valence-corrected chi connectivity index (χ0v) is 13.6. The molecule has 7 heteroatoms. The van der Waals surface area contributed by atoms with Crippen LogP contribution in [0.2, 0.25) is 0 Å².